The fourth-order valence-electron chi connectivity index (χ4n) is 2.27. The van der Waals surface area contributed by atoms with Crippen molar-refractivity contribution in [2.75, 3.05) is 13.2 Å². The summed E-state index contributed by atoms with van der Waals surface area (Å²) in [6.07, 6.45) is 3.37. The first-order valence-electron chi connectivity index (χ1n) is 8.09. The molecule has 0 unspecified atom stereocenters. The number of hydrogen-bond acceptors (Lipinski definition) is 6. The maximum atomic E-state index is 10.2. The molecule has 0 fully saturated rings. The second-order valence-electron chi connectivity index (χ2n) is 5.22. The highest BCUT2D eigenvalue weighted by Crippen LogP contribution is 2.26. The van der Waals surface area contributed by atoms with Crippen LogP contribution in [0.3, 0.4) is 0 Å². The van der Waals surface area contributed by atoms with E-state index in [-0.39, 0.29) is 5.75 Å². The van der Waals surface area contributed by atoms with Crippen LogP contribution in [0.5, 0.6) is 11.5 Å². The first kappa shape index (κ1) is 18.2. The van der Waals surface area contributed by atoms with Gasteiger partial charge in [0.05, 0.1) is 29.9 Å². The Kier molecular flexibility index (Phi) is 6.04. The molecule has 0 aliphatic rings. The number of rotatable bonds is 7. The fraction of sp³-hybridized carbons (Fsp3) is 0.158. The Balaban J connectivity index is 1.99. The molecule has 0 saturated carbocycles. The van der Waals surface area contributed by atoms with Crippen molar-refractivity contribution < 1.29 is 9.84 Å². The molecule has 1 N–H and O–H groups in total. The molecule has 0 spiro atoms. The number of ether oxygens (including phenoxy) is 1. The molecule has 0 bridgehead atoms. The van der Waals surface area contributed by atoms with Gasteiger partial charge < -0.3 is 9.84 Å². The van der Waals surface area contributed by atoms with Crippen molar-refractivity contribution in [2.45, 2.75) is 6.92 Å². The Hall–Kier alpha value is -2.64. The van der Waals surface area contributed by atoms with Crippen LogP contribution in [-0.4, -0.2) is 29.1 Å². The van der Waals surface area contributed by atoms with Gasteiger partial charge in [-0.05, 0) is 30.5 Å². The zero-order chi connectivity index (χ0) is 18.4. The minimum absolute atomic E-state index is 0.123. The summed E-state index contributed by atoms with van der Waals surface area (Å²) in [5.41, 5.74) is 1.58. The average Bonchev–Trinajstić information content (AvgIpc) is 3.29. The molecule has 0 aliphatic heterocycles. The van der Waals surface area contributed by atoms with Gasteiger partial charge in [-0.25, -0.2) is 4.68 Å². The van der Waals surface area contributed by atoms with E-state index in [9.17, 15) is 5.11 Å². The Morgan fingerprint density at radius 3 is 2.88 bits per heavy atom. The predicted octanol–water partition coefficient (Wildman–Crippen LogP) is 4.35. The molecule has 0 atom stereocenters. The van der Waals surface area contributed by atoms with Crippen LogP contribution >= 0.6 is 22.7 Å². The SMILES string of the molecule is C=CCN=c1scc(-c2cccs2)n1N=Cc1ccc(OCC)cc1O. The van der Waals surface area contributed by atoms with Crippen LogP contribution in [0.15, 0.2) is 63.8 Å². The van der Waals surface area contributed by atoms with Crippen molar-refractivity contribution in [1.82, 2.24) is 4.68 Å². The largest absolute Gasteiger partial charge is 0.507 e. The van der Waals surface area contributed by atoms with Crippen LogP contribution in [0, 0.1) is 0 Å². The lowest BCUT2D eigenvalue weighted by molar-refractivity contribution is 0.337. The number of hydrogen-bond donors (Lipinski definition) is 1. The van der Waals surface area contributed by atoms with Gasteiger partial charge in [-0.15, -0.1) is 29.3 Å². The van der Waals surface area contributed by atoms with Gasteiger partial charge in [0.15, 0.2) is 0 Å². The lowest BCUT2D eigenvalue weighted by Crippen LogP contribution is -2.12. The van der Waals surface area contributed by atoms with Crippen LogP contribution in [0.4, 0.5) is 0 Å². The van der Waals surface area contributed by atoms with E-state index in [1.165, 1.54) is 11.3 Å². The third-order valence-corrected chi connectivity index (χ3v) is 5.19. The second-order valence-corrected chi connectivity index (χ2v) is 7.00. The molecule has 7 heteroatoms. The number of nitrogens with zero attached hydrogens (tertiary/aromatic N) is 3. The molecule has 3 aromatic rings. The van der Waals surface area contributed by atoms with Crippen LogP contribution < -0.4 is 9.54 Å². The van der Waals surface area contributed by atoms with Crippen LogP contribution in [-0.2, 0) is 0 Å². The Morgan fingerprint density at radius 1 is 1.31 bits per heavy atom. The zero-order valence-electron chi connectivity index (χ0n) is 14.3. The van der Waals surface area contributed by atoms with Crippen molar-refractivity contribution >= 4 is 28.9 Å². The number of benzene rings is 1. The number of aromatic nitrogens is 1. The first-order valence-corrected chi connectivity index (χ1v) is 9.84. The van der Waals surface area contributed by atoms with Gasteiger partial charge in [-0.3, -0.25) is 4.99 Å². The smallest absolute Gasteiger partial charge is 0.206 e. The monoisotopic (exact) mass is 385 g/mol. The highest BCUT2D eigenvalue weighted by molar-refractivity contribution is 7.14. The van der Waals surface area contributed by atoms with E-state index >= 15 is 0 Å². The van der Waals surface area contributed by atoms with E-state index in [1.54, 1.807) is 40.4 Å². The Bertz CT molecular complexity index is 969. The summed E-state index contributed by atoms with van der Waals surface area (Å²) in [5, 5.41) is 18.8. The van der Waals surface area contributed by atoms with Crippen molar-refractivity contribution in [3.8, 4) is 22.1 Å². The van der Waals surface area contributed by atoms with Gasteiger partial charge in [-0.1, -0.05) is 12.1 Å². The topological polar surface area (TPSA) is 59.1 Å². The molecule has 134 valence electrons. The summed E-state index contributed by atoms with van der Waals surface area (Å²) in [7, 11) is 0. The third kappa shape index (κ3) is 4.12. The zero-order valence-corrected chi connectivity index (χ0v) is 16.0. The normalized spacial score (nSPS) is 12.0. The summed E-state index contributed by atoms with van der Waals surface area (Å²) >= 11 is 3.17. The molecule has 3 rings (SSSR count). The van der Waals surface area contributed by atoms with Crippen molar-refractivity contribution in [3.63, 3.8) is 0 Å². The lowest BCUT2D eigenvalue weighted by atomic mass is 10.2. The van der Waals surface area contributed by atoms with Gasteiger partial charge in [0.2, 0.25) is 4.80 Å². The van der Waals surface area contributed by atoms with E-state index < -0.39 is 0 Å². The lowest BCUT2D eigenvalue weighted by Gasteiger charge is -2.05. The fourth-order valence-corrected chi connectivity index (χ4v) is 3.91. The average molecular weight is 386 g/mol. The molecule has 1 aromatic carbocycles. The molecule has 2 aromatic heterocycles. The van der Waals surface area contributed by atoms with E-state index in [0.717, 1.165) is 15.4 Å². The van der Waals surface area contributed by atoms with E-state index in [2.05, 4.69) is 16.7 Å². The Morgan fingerprint density at radius 2 is 2.19 bits per heavy atom. The first-order chi connectivity index (χ1) is 12.7. The van der Waals surface area contributed by atoms with Crippen molar-refractivity contribution in [1.29, 1.82) is 0 Å². The van der Waals surface area contributed by atoms with Crippen LogP contribution in [0.2, 0.25) is 0 Å². The highest BCUT2D eigenvalue weighted by atomic mass is 32.1. The van der Waals surface area contributed by atoms with Crippen LogP contribution in [0.25, 0.3) is 10.6 Å². The number of thiazole rings is 1. The standard InChI is InChI=1S/C19H19N3O2S2/c1-3-9-20-19-22(16(13-26-19)18-6-5-10-25-18)21-12-14-7-8-15(24-4-2)11-17(14)23/h3,5-8,10-13,23H,1,4,9H2,2H3. The van der Waals surface area contributed by atoms with E-state index in [1.807, 2.05) is 35.9 Å². The van der Waals surface area contributed by atoms with Gasteiger partial charge in [0.1, 0.15) is 11.5 Å². The molecule has 26 heavy (non-hydrogen) atoms. The van der Waals surface area contributed by atoms with Crippen molar-refractivity contribution in [3.05, 3.63) is 64.1 Å². The van der Waals surface area contributed by atoms with Crippen LogP contribution in [0.1, 0.15) is 12.5 Å². The number of phenols is 1. The summed E-state index contributed by atoms with van der Waals surface area (Å²) in [6.45, 7) is 6.69. The maximum Gasteiger partial charge on any atom is 0.206 e. The van der Waals surface area contributed by atoms with Gasteiger partial charge in [0, 0.05) is 17.0 Å². The summed E-state index contributed by atoms with van der Waals surface area (Å²) in [4.78, 5) is 6.38. The van der Waals surface area contributed by atoms with Crippen molar-refractivity contribution in [2.24, 2.45) is 10.1 Å². The minimum Gasteiger partial charge on any atom is -0.507 e. The van der Waals surface area contributed by atoms with E-state index in [4.69, 9.17) is 4.74 Å². The van der Waals surface area contributed by atoms with Gasteiger partial charge in [-0.2, -0.15) is 5.10 Å². The molecule has 5 nitrogen and oxygen atoms in total. The number of phenolic OH excluding ortho intramolecular Hbond substituents is 1. The minimum atomic E-state index is 0.123. The Labute approximate surface area is 159 Å². The summed E-state index contributed by atoms with van der Waals surface area (Å²) in [5.74, 6) is 0.754. The third-order valence-electron chi connectivity index (χ3n) is 3.44. The second kappa shape index (κ2) is 8.64. The maximum absolute atomic E-state index is 10.2. The molecule has 0 aliphatic carbocycles. The molecule has 0 radical (unpaired) electrons. The van der Waals surface area contributed by atoms with Gasteiger partial charge in [0.25, 0.3) is 0 Å². The summed E-state index contributed by atoms with van der Waals surface area (Å²) in [6, 6.07) is 9.23. The summed E-state index contributed by atoms with van der Waals surface area (Å²) < 4.78 is 7.18. The highest BCUT2D eigenvalue weighted by Gasteiger charge is 2.08. The number of thiophene rings is 1. The molecule has 2 heterocycles. The number of aromatic hydroxyl groups is 1. The molecular weight excluding hydrogens is 366 g/mol. The van der Waals surface area contributed by atoms with Gasteiger partial charge >= 0.3 is 0 Å². The van der Waals surface area contributed by atoms with E-state index in [0.29, 0.717) is 24.5 Å². The quantitative estimate of drug-likeness (QED) is 0.485. The molecule has 0 saturated heterocycles. The molecule has 0 amide bonds. The molecular formula is C19H19N3O2S2. The predicted molar refractivity (Wildman–Crippen MR) is 109 cm³/mol.